The van der Waals surface area contributed by atoms with Crippen molar-refractivity contribution in [2.75, 3.05) is 32.7 Å². The van der Waals surface area contributed by atoms with Crippen LogP contribution >= 0.6 is 0 Å². The van der Waals surface area contributed by atoms with Crippen molar-refractivity contribution in [3.63, 3.8) is 0 Å². The summed E-state index contributed by atoms with van der Waals surface area (Å²) in [5.41, 5.74) is 0. The van der Waals surface area contributed by atoms with E-state index < -0.39 is 0 Å². The third-order valence-electron chi connectivity index (χ3n) is 2.42. The predicted molar refractivity (Wildman–Crippen MR) is 61.1 cm³/mol. The summed E-state index contributed by atoms with van der Waals surface area (Å²) >= 11 is 0. The highest BCUT2D eigenvalue weighted by Gasteiger charge is 2.23. The van der Waals surface area contributed by atoms with Gasteiger partial charge in [0, 0.05) is 26.2 Å². The molecule has 1 rings (SSSR count). The second kappa shape index (κ2) is 6.64. The van der Waals surface area contributed by atoms with Crippen LogP contribution < -0.4 is 5.32 Å². The molecule has 0 aromatic heterocycles. The highest BCUT2D eigenvalue weighted by atomic mass is 15.1. The van der Waals surface area contributed by atoms with Gasteiger partial charge in [-0.3, -0.25) is 4.90 Å². The first-order valence-electron chi connectivity index (χ1n) is 5.34. The zero-order valence-corrected chi connectivity index (χ0v) is 8.84. The number of nitrogens with zero attached hydrogens (tertiary/aromatic N) is 1. The molecular formula is C12H20N2. The lowest BCUT2D eigenvalue weighted by Crippen LogP contribution is -2.34. The fourth-order valence-electron chi connectivity index (χ4n) is 1.47. The average Bonchev–Trinajstić information content (AvgIpc) is 2.96. The van der Waals surface area contributed by atoms with Gasteiger partial charge >= 0.3 is 0 Å². The van der Waals surface area contributed by atoms with Crippen LogP contribution in [0.5, 0.6) is 0 Å². The van der Waals surface area contributed by atoms with E-state index in [4.69, 9.17) is 6.42 Å². The number of rotatable bonds is 8. The highest BCUT2D eigenvalue weighted by molar-refractivity contribution is 4.90. The molecule has 1 aliphatic rings. The molecule has 0 saturated heterocycles. The molecule has 1 N–H and O–H groups in total. The van der Waals surface area contributed by atoms with Gasteiger partial charge in [0.25, 0.3) is 0 Å². The quantitative estimate of drug-likeness (QED) is 0.352. The lowest BCUT2D eigenvalue weighted by atomic mass is 10.3. The molecule has 14 heavy (non-hydrogen) atoms. The van der Waals surface area contributed by atoms with E-state index in [-0.39, 0.29) is 0 Å². The highest BCUT2D eigenvalue weighted by Crippen LogP contribution is 2.29. The third-order valence-corrected chi connectivity index (χ3v) is 2.42. The Morgan fingerprint density at radius 3 is 2.93 bits per heavy atom. The maximum absolute atomic E-state index is 5.33. The minimum atomic E-state index is 0.784. The standard InChI is InChI=1S/C12H20N2/c1-3-7-13-8-10-14(9-4-2)11-12-5-6-12/h2-3,12-13H,1,5-11H2. The largest absolute Gasteiger partial charge is 0.312 e. The van der Waals surface area contributed by atoms with Crippen LogP contribution in [0, 0.1) is 18.3 Å². The molecule has 0 amide bonds. The molecule has 0 aromatic rings. The summed E-state index contributed by atoms with van der Waals surface area (Å²) in [5.74, 6) is 3.64. The summed E-state index contributed by atoms with van der Waals surface area (Å²) in [6.45, 7) is 8.56. The van der Waals surface area contributed by atoms with Crippen LogP contribution in [0.4, 0.5) is 0 Å². The fourth-order valence-corrected chi connectivity index (χ4v) is 1.47. The van der Waals surface area contributed by atoms with Gasteiger partial charge < -0.3 is 5.32 Å². The summed E-state index contributed by atoms with van der Waals surface area (Å²) < 4.78 is 0. The van der Waals surface area contributed by atoms with Gasteiger partial charge in [0.15, 0.2) is 0 Å². The average molecular weight is 192 g/mol. The third kappa shape index (κ3) is 5.06. The van der Waals surface area contributed by atoms with Gasteiger partial charge in [-0.1, -0.05) is 12.0 Å². The van der Waals surface area contributed by atoms with Crippen LogP contribution in [0.25, 0.3) is 0 Å². The van der Waals surface area contributed by atoms with E-state index in [1.54, 1.807) is 0 Å². The summed E-state index contributed by atoms with van der Waals surface area (Å²) in [7, 11) is 0. The van der Waals surface area contributed by atoms with Crippen molar-refractivity contribution in [2.24, 2.45) is 5.92 Å². The van der Waals surface area contributed by atoms with Gasteiger partial charge in [-0.2, -0.15) is 0 Å². The Hall–Kier alpha value is -0.780. The minimum absolute atomic E-state index is 0.784. The first-order chi connectivity index (χ1) is 6.86. The number of hydrogen-bond donors (Lipinski definition) is 1. The van der Waals surface area contributed by atoms with E-state index in [0.29, 0.717) is 0 Å². The molecule has 2 heteroatoms. The monoisotopic (exact) mass is 192 g/mol. The van der Waals surface area contributed by atoms with E-state index in [9.17, 15) is 0 Å². The SMILES string of the molecule is C#CCN(CCNCC=C)CC1CC1. The van der Waals surface area contributed by atoms with Crippen LogP contribution in [0.15, 0.2) is 12.7 Å². The predicted octanol–water partition coefficient (Wildman–Crippen LogP) is 1.11. The summed E-state index contributed by atoms with van der Waals surface area (Å²) in [4.78, 5) is 2.35. The first kappa shape index (κ1) is 11.3. The molecule has 0 unspecified atom stereocenters. The van der Waals surface area contributed by atoms with Crippen molar-refractivity contribution in [3.05, 3.63) is 12.7 Å². The Morgan fingerprint density at radius 1 is 1.57 bits per heavy atom. The Balaban J connectivity index is 2.07. The van der Waals surface area contributed by atoms with E-state index in [1.165, 1.54) is 19.4 Å². The van der Waals surface area contributed by atoms with Crippen molar-refractivity contribution >= 4 is 0 Å². The number of nitrogens with one attached hydrogen (secondary N) is 1. The van der Waals surface area contributed by atoms with Gasteiger partial charge in [0.05, 0.1) is 6.54 Å². The summed E-state index contributed by atoms with van der Waals surface area (Å²) in [6, 6.07) is 0. The van der Waals surface area contributed by atoms with E-state index in [0.717, 1.165) is 32.1 Å². The van der Waals surface area contributed by atoms with E-state index in [2.05, 4.69) is 22.7 Å². The fraction of sp³-hybridized carbons (Fsp3) is 0.667. The Labute approximate surface area is 87.4 Å². The zero-order chi connectivity index (χ0) is 10.2. The molecule has 0 heterocycles. The normalized spacial score (nSPS) is 15.4. The number of hydrogen-bond acceptors (Lipinski definition) is 2. The number of terminal acetylenes is 1. The van der Waals surface area contributed by atoms with Crippen LogP contribution in [0.1, 0.15) is 12.8 Å². The van der Waals surface area contributed by atoms with Crippen molar-refractivity contribution in [1.29, 1.82) is 0 Å². The minimum Gasteiger partial charge on any atom is -0.312 e. The van der Waals surface area contributed by atoms with Gasteiger partial charge in [-0.05, 0) is 18.8 Å². The smallest absolute Gasteiger partial charge is 0.0599 e. The van der Waals surface area contributed by atoms with Crippen molar-refractivity contribution in [1.82, 2.24) is 10.2 Å². The lowest BCUT2D eigenvalue weighted by molar-refractivity contribution is 0.295. The molecule has 1 aliphatic carbocycles. The molecule has 78 valence electrons. The second-order valence-corrected chi connectivity index (χ2v) is 3.88. The molecule has 1 saturated carbocycles. The Bertz CT molecular complexity index is 201. The van der Waals surface area contributed by atoms with Gasteiger partial charge in [-0.15, -0.1) is 13.0 Å². The van der Waals surface area contributed by atoms with Crippen molar-refractivity contribution < 1.29 is 0 Å². The molecule has 0 bridgehead atoms. The molecular weight excluding hydrogens is 172 g/mol. The Kier molecular flexibility index (Phi) is 5.36. The van der Waals surface area contributed by atoms with E-state index >= 15 is 0 Å². The maximum atomic E-state index is 5.33. The van der Waals surface area contributed by atoms with Crippen LogP contribution in [0.2, 0.25) is 0 Å². The Morgan fingerprint density at radius 2 is 2.36 bits per heavy atom. The molecule has 0 atom stereocenters. The maximum Gasteiger partial charge on any atom is 0.0599 e. The van der Waals surface area contributed by atoms with Gasteiger partial charge in [0.2, 0.25) is 0 Å². The zero-order valence-electron chi connectivity index (χ0n) is 8.84. The van der Waals surface area contributed by atoms with E-state index in [1.807, 2.05) is 6.08 Å². The molecule has 0 aromatic carbocycles. The molecule has 1 fully saturated rings. The first-order valence-corrected chi connectivity index (χ1v) is 5.34. The molecule has 0 spiro atoms. The summed E-state index contributed by atoms with van der Waals surface area (Å²) in [5, 5.41) is 3.29. The lowest BCUT2D eigenvalue weighted by Gasteiger charge is -2.19. The van der Waals surface area contributed by atoms with Crippen molar-refractivity contribution in [3.8, 4) is 12.3 Å². The summed E-state index contributed by atoms with van der Waals surface area (Å²) in [6.07, 6.45) is 9.99. The molecule has 2 nitrogen and oxygen atoms in total. The van der Waals surface area contributed by atoms with Crippen LogP contribution in [-0.2, 0) is 0 Å². The second-order valence-electron chi connectivity index (χ2n) is 3.88. The van der Waals surface area contributed by atoms with Gasteiger partial charge in [-0.25, -0.2) is 0 Å². The molecule has 0 radical (unpaired) electrons. The van der Waals surface area contributed by atoms with Crippen molar-refractivity contribution in [2.45, 2.75) is 12.8 Å². The topological polar surface area (TPSA) is 15.3 Å². The van der Waals surface area contributed by atoms with Gasteiger partial charge in [0.1, 0.15) is 0 Å². The molecule has 0 aliphatic heterocycles. The van der Waals surface area contributed by atoms with Crippen LogP contribution in [-0.4, -0.2) is 37.6 Å². The van der Waals surface area contributed by atoms with Crippen LogP contribution in [0.3, 0.4) is 0 Å².